The third-order valence-electron chi connectivity index (χ3n) is 13.4. The van der Waals surface area contributed by atoms with Crippen LogP contribution >= 0.6 is 0 Å². The van der Waals surface area contributed by atoms with Crippen molar-refractivity contribution in [3.8, 4) is 0 Å². The summed E-state index contributed by atoms with van der Waals surface area (Å²) in [5.41, 5.74) is 1.22. The van der Waals surface area contributed by atoms with Gasteiger partial charge in [-0.05, 0) is 79.3 Å². The van der Waals surface area contributed by atoms with Crippen LogP contribution in [0.15, 0.2) is 30.3 Å². The third-order valence-corrected chi connectivity index (χ3v) is 22.3. The molecule has 238 valence electrons. The highest BCUT2D eigenvalue weighted by Crippen LogP contribution is 2.72. The van der Waals surface area contributed by atoms with E-state index in [0.717, 1.165) is 12.8 Å². The lowest BCUT2D eigenvalue weighted by molar-refractivity contribution is -0.215. The minimum absolute atomic E-state index is 0.0289. The highest BCUT2D eigenvalue weighted by atomic mass is 28.4. The molecule has 3 saturated carbocycles. The molecule has 1 saturated heterocycles. The molecule has 0 aromatic heterocycles. The van der Waals surface area contributed by atoms with Gasteiger partial charge in [0.05, 0.1) is 37.1 Å². The van der Waals surface area contributed by atoms with Crippen LogP contribution in [0.5, 0.6) is 0 Å². The number of epoxide rings is 1. The van der Waals surface area contributed by atoms with Crippen molar-refractivity contribution < 1.29 is 18.3 Å². The Bertz CT molecular complexity index is 1110. The first-order valence-corrected chi connectivity index (χ1v) is 22.7. The van der Waals surface area contributed by atoms with Crippen LogP contribution in [0.2, 0.25) is 36.3 Å². The van der Waals surface area contributed by atoms with Gasteiger partial charge in [-0.25, -0.2) is 0 Å². The molecule has 42 heavy (non-hydrogen) atoms. The van der Waals surface area contributed by atoms with E-state index in [4.69, 9.17) is 18.3 Å². The SMILES string of the molecule is CC(C)(C)[Si](C)(C)O[C@H]1C[C@@H](O[Si](C)(C)C(C)(C)C)[C@@]2(C)[C@H](C[C@@H]3O[C@]34CCCC[C@@H]42)[C@]1(C)COCc1ccccc1. The Morgan fingerprint density at radius 3 is 2.00 bits per heavy atom. The van der Waals surface area contributed by atoms with Crippen LogP contribution in [0.4, 0.5) is 0 Å². The summed E-state index contributed by atoms with van der Waals surface area (Å²) < 4.78 is 28.7. The standard InChI is InChI=1S/C36H62O4Si2/c1-32(2,3)41(9,10)39-29-23-30(40-42(11,12)33(4,5)6)35(8)27-20-16-17-21-36(27)31(38-36)22-28(35)34(29,7)25-37-24-26-18-14-13-15-19-26/h13-15,18-19,27-31H,16-17,20-25H2,1-12H3/t27-,28-,29+,30-,31+,34+,35-,36+/m1/s1. The van der Waals surface area contributed by atoms with Crippen LogP contribution in [-0.2, 0) is 24.9 Å². The summed E-state index contributed by atoms with van der Waals surface area (Å²) in [6.45, 7) is 30.5. The Labute approximate surface area is 260 Å². The van der Waals surface area contributed by atoms with Crippen molar-refractivity contribution in [3.63, 3.8) is 0 Å². The Hall–Kier alpha value is -0.506. The van der Waals surface area contributed by atoms with E-state index in [1.807, 2.05) is 0 Å². The van der Waals surface area contributed by atoms with Crippen molar-refractivity contribution in [2.45, 2.75) is 161 Å². The fourth-order valence-electron chi connectivity index (χ4n) is 8.67. The molecule has 1 spiro atoms. The highest BCUT2D eigenvalue weighted by molar-refractivity contribution is 6.74. The Kier molecular flexibility index (Phi) is 8.45. The number of rotatable bonds is 8. The molecule has 0 radical (unpaired) electrons. The van der Waals surface area contributed by atoms with E-state index in [0.29, 0.717) is 31.2 Å². The number of hydrogen-bond donors (Lipinski definition) is 0. The maximum Gasteiger partial charge on any atom is 0.192 e. The van der Waals surface area contributed by atoms with Crippen LogP contribution in [0.25, 0.3) is 0 Å². The lowest BCUT2D eigenvalue weighted by Crippen LogP contribution is -2.69. The van der Waals surface area contributed by atoms with Crippen LogP contribution in [0, 0.1) is 22.7 Å². The van der Waals surface area contributed by atoms with E-state index in [2.05, 4.69) is 112 Å². The second kappa shape index (κ2) is 10.8. The van der Waals surface area contributed by atoms with Gasteiger partial charge < -0.3 is 18.3 Å². The second-order valence-corrected chi connectivity index (χ2v) is 27.5. The zero-order chi connectivity index (χ0) is 31.0. The van der Waals surface area contributed by atoms with Crippen LogP contribution in [-0.4, -0.2) is 47.2 Å². The predicted molar refractivity (Wildman–Crippen MR) is 179 cm³/mol. The maximum atomic E-state index is 7.60. The highest BCUT2D eigenvalue weighted by Gasteiger charge is 2.76. The smallest absolute Gasteiger partial charge is 0.192 e. The van der Waals surface area contributed by atoms with Gasteiger partial charge in [0.15, 0.2) is 16.6 Å². The molecular weight excluding hydrogens is 553 g/mol. The van der Waals surface area contributed by atoms with Crippen LogP contribution < -0.4 is 0 Å². The number of fused-ring (bicyclic) bond motifs is 2. The van der Waals surface area contributed by atoms with Crippen LogP contribution in [0.1, 0.15) is 99.5 Å². The van der Waals surface area contributed by atoms with Gasteiger partial charge in [0.2, 0.25) is 0 Å². The Morgan fingerprint density at radius 2 is 1.40 bits per heavy atom. The summed E-state index contributed by atoms with van der Waals surface area (Å²) >= 11 is 0. The molecule has 0 bridgehead atoms. The van der Waals surface area contributed by atoms with E-state index >= 15 is 0 Å². The average molecular weight is 615 g/mol. The van der Waals surface area contributed by atoms with E-state index in [9.17, 15) is 0 Å². The molecular formula is C36H62O4Si2. The topological polar surface area (TPSA) is 40.2 Å². The number of hydrogen-bond acceptors (Lipinski definition) is 4. The van der Waals surface area contributed by atoms with E-state index < -0.39 is 16.6 Å². The first-order chi connectivity index (χ1) is 19.3. The van der Waals surface area contributed by atoms with Gasteiger partial charge in [0.25, 0.3) is 0 Å². The molecule has 0 unspecified atom stereocenters. The first kappa shape index (κ1) is 32.9. The molecule has 4 aliphatic rings. The maximum absolute atomic E-state index is 7.60. The van der Waals surface area contributed by atoms with Gasteiger partial charge in [0, 0.05) is 10.8 Å². The van der Waals surface area contributed by atoms with Crippen molar-refractivity contribution in [2.75, 3.05) is 6.61 Å². The molecule has 1 aromatic carbocycles. The molecule has 1 aliphatic heterocycles. The van der Waals surface area contributed by atoms with E-state index in [1.54, 1.807) is 0 Å². The van der Waals surface area contributed by atoms with Crippen molar-refractivity contribution in [1.29, 1.82) is 0 Å². The summed E-state index contributed by atoms with van der Waals surface area (Å²) in [5, 5.41) is 0.297. The van der Waals surface area contributed by atoms with Gasteiger partial charge in [0.1, 0.15) is 0 Å². The third kappa shape index (κ3) is 5.46. The van der Waals surface area contributed by atoms with Gasteiger partial charge in [-0.1, -0.05) is 98.6 Å². The lowest BCUT2D eigenvalue weighted by atomic mass is 9.43. The molecule has 0 N–H and O–H groups in total. The fourth-order valence-corrected chi connectivity index (χ4v) is 11.5. The first-order valence-electron chi connectivity index (χ1n) is 16.9. The molecule has 3 aliphatic carbocycles. The Balaban J connectivity index is 1.57. The van der Waals surface area contributed by atoms with Gasteiger partial charge in [-0.2, -0.15) is 0 Å². The minimum Gasteiger partial charge on any atom is -0.413 e. The summed E-state index contributed by atoms with van der Waals surface area (Å²) in [4.78, 5) is 0. The number of benzene rings is 1. The summed E-state index contributed by atoms with van der Waals surface area (Å²) in [6.07, 6.45) is 7.80. The molecule has 1 aromatic rings. The predicted octanol–water partition coefficient (Wildman–Crippen LogP) is 9.75. The lowest BCUT2D eigenvalue weighted by Gasteiger charge is -2.66. The monoisotopic (exact) mass is 614 g/mol. The average Bonchev–Trinajstić information content (AvgIpc) is 3.57. The largest absolute Gasteiger partial charge is 0.413 e. The summed E-state index contributed by atoms with van der Waals surface area (Å²) in [5.74, 6) is 0.960. The minimum atomic E-state index is -2.06. The zero-order valence-electron chi connectivity index (χ0n) is 29.1. The van der Waals surface area contributed by atoms with Gasteiger partial charge in [-0.3, -0.25) is 0 Å². The summed E-state index contributed by atoms with van der Waals surface area (Å²) in [6, 6.07) is 10.7. The molecule has 1 heterocycles. The van der Waals surface area contributed by atoms with Crippen molar-refractivity contribution in [2.24, 2.45) is 22.7 Å². The van der Waals surface area contributed by atoms with Gasteiger partial charge in [-0.15, -0.1) is 0 Å². The number of ether oxygens (including phenoxy) is 2. The molecule has 0 amide bonds. The van der Waals surface area contributed by atoms with Crippen molar-refractivity contribution in [3.05, 3.63) is 35.9 Å². The Morgan fingerprint density at radius 1 is 0.810 bits per heavy atom. The normalized spacial score (nSPS) is 38.8. The molecule has 4 fully saturated rings. The molecule has 8 atom stereocenters. The van der Waals surface area contributed by atoms with Crippen molar-refractivity contribution in [1.82, 2.24) is 0 Å². The molecule has 6 heteroatoms. The molecule has 5 rings (SSSR count). The zero-order valence-corrected chi connectivity index (χ0v) is 31.1. The van der Waals surface area contributed by atoms with E-state index in [-0.39, 0.29) is 38.7 Å². The fraction of sp³-hybridized carbons (Fsp3) is 0.833. The summed E-state index contributed by atoms with van der Waals surface area (Å²) in [7, 11) is -4.10. The van der Waals surface area contributed by atoms with Crippen LogP contribution in [0.3, 0.4) is 0 Å². The van der Waals surface area contributed by atoms with Gasteiger partial charge >= 0.3 is 0 Å². The quantitative estimate of drug-likeness (QED) is 0.216. The van der Waals surface area contributed by atoms with E-state index in [1.165, 1.54) is 31.2 Å². The molecule has 4 nitrogen and oxygen atoms in total. The van der Waals surface area contributed by atoms with Crippen molar-refractivity contribution >= 4 is 16.6 Å². The second-order valence-electron chi connectivity index (χ2n) is 18.0.